The van der Waals surface area contributed by atoms with Gasteiger partial charge in [-0.3, -0.25) is 14.2 Å². The van der Waals surface area contributed by atoms with Crippen LogP contribution in [0.25, 0.3) is 0 Å². The fourth-order valence-corrected chi connectivity index (χ4v) is 2.81. The van der Waals surface area contributed by atoms with Crippen LogP contribution in [-0.4, -0.2) is 46.5 Å². The van der Waals surface area contributed by atoms with E-state index >= 15 is 0 Å². The molecule has 23 heavy (non-hydrogen) atoms. The van der Waals surface area contributed by atoms with Crippen molar-refractivity contribution >= 4 is 23.2 Å². The van der Waals surface area contributed by atoms with Gasteiger partial charge < -0.3 is 9.80 Å². The van der Waals surface area contributed by atoms with E-state index in [-0.39, 0.29) is 18.0 Å². The van der Waals surface area contributed by atoms with Crippen molar-refractivity contribution in [3.8, 4) is 0 Å². The molecule has 1 aromatic heterocycles. The van der Waals surface area contributed by atoms with Gasteiger partial charge in [0.25, 0.3) is 5.56 Å². The average molecular weight is 333 g/mol. The molecule has 1 amide bonds. The lowest BCUT2D eigenvalue weighted by Crippen LogP contribution is -2.50. The second-order valence-electron chi connectivity index (χ2n) is 5.39. The number of hydrogen-bond donors (Lipinski definition) is 0. The summed E-state index contributed by atoms with van der Waals surface area (Å²) < 4.78 is 1.33. The Morgan fingerprint density at radius 3 is 2.65 bits per heavy atom. The molecular weight excluding hydrogens is 316 g/mol. The Morgan fingerprint density at radius 2 is 1.96 bits per heavy atom. The van der Waals surface area contributed by atoms with Gasteiger partial charge in [0, 0.05) is 49.2 Å². The van der Waals surface area contributed by atoms with E-state index in [0.29, 0.717) is 18.1 Å². The van der Waals surface area contributed by atoms with Gasteiger partial charge in [0.15, 0.2) is 0 Å². The van der Waals surface area contributed by atoms with E-state index < -0.39 is 0 Å². The van der Waals surface area contributed by atoms with Gasteiger partial charge in [-0.2, -0.15) is 0 Å². The first-order valence-electron chi connectivity index (χ1n) is 7.42. The van der Waals surface area contributed by atoms with Gasteiger partial charge in [-0.25, -0.2) is 4.98 Å². The molecule has 1 aromatic carbocycles. The van der Waals surface area contributed by atoms with Gasteiger partial charge in [0.05, 0.1) is 6.33 Å². The summed E-state index contributed by atoms with van der Waals surface area (Å²) in [5.74, 6) is -0.0640. The van der Waals surface area contributed by atoms with Crippen LogP contribution >= 0.6 is 11.6 Å². The van der Waals surface area contributed by atoms with Crippen LogP contribution in [0.15, 0.2) is 47.7 Å². The summed E-state index contributed by atoms with van der Waals surface area (Å²) in [6, 6.07) is 9.05. The Kier molecular flexibility index (Phi) is 4.62. The summed E-state index contributed by atoms with van der Waals surface area (Å²) in [5.41, 5.74) is 0.846. The molecule has 2 aromatic rings. The molecule has 120 valence electrons. The minimum atomic E-state index is -0.217. The molecule has 1 aliphatic heterocycles. The minimum absolute atomic E-state index is 0.0316. The van der Waals surface area contributed by atoms with Gasteiger partial charge in [0.2, 0.25) is 5.91 Å². The average Bonchev–Trinajstić information content (AvgIpc) is 2.57. The number of benzene rings is 1. The molecule has 0 unspecified atom stereocenters. The normalized spacial score (nSPS) is 14.8. The molecule has 1 saturated heterocycles. The Hall–Kier alpha value is -2.34. The molecule has 1 fully saturated rings. The number of piperazine rings is 1. The lowest BCUT2D eigenvalue weighted by Gasteiger charge is -2.36. The van der Waals surface area contributed by atoms with Crippen LogP contribution in [0.3, 0.4) is 0 Å². The second kappa shape index (κ2) is 6.83. The zero-order valence-electron chi connectivity index (χ0n) is 12.6. The molecule has 0 radical (unpaired) electrons. The predicted molar refractivity (Wildman–Crippen MR) is 88.7 cm³/mol. The van der Waals surface area contributed by atoms with Crippen molar-refractivity contribution in [2.24, 2.45) is 0 Å². The maximum Gasteiger partial charge on any atom is 0.253 e. The Balaban J connectivity index is 1.59. The van der Waals surface area contributed by atoms with Crippen molar-refractivity contribution in [3.05, 3.63) is 58.2 Å². The van der Waals surface area contributed by atoms with Crippen LogP contribution in [0.5, 0.6) is 0 Å². The van der Waals surface area contributed by atoms with Crippen molar-refractivity contribution in [1.29, 1.82) is 0 Å². The van der Waals surface area contributed by atoms with Crippen molar-refractivity contribution in [3.63, 3.8) is 0 Å². The van der Waals surface area contributed by atoms with E-state index in [1.165, 1.54) is 23.2 Å². The largest absolute Gasteiger partial charge is 0.368 e. The molecule has 3 rings (SSSR count). The Bertz CT molecular complexity index is 753. The van der Waals surface area contributed by atoms with Crippen molar-refractivity contribution in [2.75, 3.05) is 31.1 Å². The van der Waals surface area contributed by atoms with Gasteiger partial charge in [-0.15, -0.1) is 0 Å². The van der Waals surface area contributed by atoms with Gasteiger partial charge in [-0.05, 0) is 18.2 Å². The zero-order chi connectivity index (χ0) is 16.2. The third-order valence-corrected chi connectivity index (χ3v) is 4.14. The summed E-state index contributed by atoms with van der Waals surface area (Å²) in [5, 5.41) is 0.706. The quantitative estimate of drug-likeness (QED) is 0.848. The standard InChI is InChI=1S/C16H17ClN4O2/c17-13-2-1-3-14(10-13)19-6-8-20(9-7-19)16(23)11-21-12-18-5-4-15(21)22/h1-5,10,12H,6-9,11H2. The second-order valence-corrected chi connectivity index (χ2v) is 5.83. The minimum Gasteiger partial charge on any atom is -0.368 e. The van der Waals surface area contributed by atoms with Crippen LogP contribution < -0.4 is 10.5 Å². The third kappa shape index (κ3) is 3.71. The molecule has 0 spiro atoms. The number of rotatable bonds is 3. The lowest BCUT2D eigenvalue weighted by atomic mass is 10.2. The van der Waals surface area contributed by atoms with Gasteiger partial charge in [0.1, 0.15) is 6.54 Å². The number of nitrogens with zero attached hydrogens (tertiary/aromatic N) is 4. The molecule has 0 saturated carbocycles. The van der Waals surface area contributed by atoms with Crippen molar-refractivity contribution in [2.45, 2.75) is 6.54 Å². The third-order valence-electron chi connectivity index (χ3n) is 3.90. The number of aromatic nitrogens is 2. The Labute approximate surface area is 138 Å². The van der Waals surface area contributed by atoms with Gasteiger partial charge >= 0.3 is 0 Å². The first kappa shape index (κ1) is 15.6. The summed E-state index contributed by atoms with van der Waals surface area (Å²) in [4.78, 5) is 31.8. The van der Waals surface area contributed by atoms with E-state index in [1.54, 1.807) is 4.90 Å². The molecule has 6 nitrogen and oxygen atoms in total. The molecule has 2 heterocycles. The molecule has 7 heteroatoms. The highest BCUT2D eigenvalue weighted by Crippen LogP contribution is 2.20. The van der Waals surface area contributed by atoms with Crippen LogP contribution in [0, 0.1) is 0 Å². The smallest absolute Gasteiger partial charge is 0.253 e. The topological polar surface area (TPSA) is 58.4 Å². The summed E-state index contributed by atoms with van der Waals surface area (Å²) in [6.07, 6.45) is 2.82. The predicted octanol–water partition coefficient (Wildman–Crippen LogP) is 1.25. The highest BCUT2D eigenvalue weighted by atomic mass is 35.5. The molecule has 0 N–H and O–H groups in total. The highest BCUT2D eigenvalue weighted by molar-refractivity contribution is 6.30. The highest BCUT2D eigenvalue weighted by Gasteiger charge is 2.21. The first-order valence-corrected chi connectivity index (χ1v) is 7.80. The van der Waals surface area contributed by atoms with E-state index in [9.17, 15) is 9.59 Å². The number of carbonyl (C=O) groups is 1. The van der Waals surface area contributed by atoms with E-state index in [1.807, 2.05) is 24.3 Å². The van der Waals surface area contributed by atoms with Crippen LogP contribution in [0.4, 0.5) is 5.69 Å². The summed E-state index contributed by atoms with van der Waals surface area (Å²) >= 11 is 6.02. The molecular formula is C16H17ClN4O2. The SMILES string of the molecule is O=C(Cn1cnccc1=O)N1CCN(c2cccc(Cl)c2)CC1. The van der Waals surface area contributed by atoms with Crippen LogP contribution in [-0.2, 0) is 11.3 Å². The Morgan fingerprint density at radius 1 is 1.17 bits per heavy atom. The van der Waals surface area contributed by atoms with Crippen LogP contribution in [0.1, 0.15) is 0 Å². The summed E-state index contributed by atoms with van der Waals surface area (Å²) in [6.45, 7) is 2.77. The van der Waals surface area contributed by atoms with E-state index in [0.717, 1.165) is 18.8 Å². The lowest BCUT2D eigenvalue weighted by molar-refractivity contribution is -0.132. The number of amides is 1. The maximum absolute atomic E-state index is 12.3. The monoisotopic (exact) mass is 332 g/mol. The fourth-order valence-electron chi connectivity index (χ4n) is 2.63. The number of hydrogen-bond acceptors (Lipinski definition) is 4. The van der Waals surface area contributed by atoms with Crippen LogP contribution in [0.2, 0.25) is 5.02 Å². The number of halogens is 1. The fraction of sp³-hybridized carbons (Fsp3) is 0.312. The number of anilines is 1. The van der Waals surface area contributed by atoms with E-state index in [2.05, 4.69) is 9.88 Å². The molecule has 0 bridgehead atoms. The van der Waals surface area contributed by atoms with E-state index in [4.69, 9.17) is 11.6 Å². The van der Waals surface area contributed by atoms with Crippen molar-refractivity contribution < 1.29 is 4.79 Å². The number of carbonyl (C=O) groups excluding carboxylic acids is 1. The zero-order valence-corrected chi connectivity index (χ0v) is 13.3. The molecule has 0 aliphatic carbocycles. The van der Waals surface area contributed by atoms with Crippen molar-refractivity contribution in [1.82, 2.24) is 14.5 Å². The van der Waals surface area contributed by atoms with Gasteiger partial charge in [-0.1, -0.05) is 17.7 Å². The molecule has 0 atom stereocenters. The first-order chi connectivity index (χ1) is 11.1. The molecule has 1 aliphatic rings. The summed E-state index contributed by atoms with van der Waals surface area (Å²) in [7, 11) is 0. The maximum atomic E-state index is 12.3.